The van der Waals surface area contributed by atoms with Gasteiger partial charge in [-0.15, -0.1) is 0 Å². The van der Waals surface area contributed by atoms with Crippen LogP contribution in [0.3, 0.4) is 0 Å². The Bertz CT molecular complexity index is 760. The summed E-state index contributed by atoms with van der Waals surface area (Å²) in [6, 6.07) is 15.1. The maximum Gasteiger partial charge on any atom is 0.219 e. The summed E-state index contributed by atoms with van der Waals surface area (Å²) in [5.74, 6) is 1.06. The first-order chi connectivity index (χ1) is 9.35. The summed E-state index contributed by atoms with van der Waals surface area (Å²) in [4.78, 5) is 8.36. The van der Waals surface area contributed by atoms with Crippen LogP contribution in [0.1, 0.15) is 5.56 Å². The van der Waals surface area contributed by atoms with Crippen LogP contribution in [-0.2, 0) is 0 Å². The summed E-state index contributed by atoms with van der Waals surface area (Å²) in [6.07, 6.45) is 3.13. The average molecular weight is 247 g/mol. The van der Waals surface area contributed by atoms with Gasteiger partial charge in [-0.3, -0.25) is 4.98 Å². The van der Waals surface area contributed by atoms with Gasteiger partial charge in [0, 0.05) is 17.6 Å². The van der Waals surface area contributed by atoms with Crippen LogP contribution < -0.4 is 4.74 Å². The maximum atomic E-state index is 8.70. The highest BCUT2D eigenvalue weighted by molar-refractivity contribution is 5.79. The van der Waals surface area contributed by atoms with Crippen molar-refractivity contribution in [2.75, 3.05) is 0 Å². The monoisotopic (exact) mass is 247 g/mol. The van der Waals surface area contributed by atoms with Crippen molar-refractivity contribution in [3.05, 3.63) is 60.4 Å². The van der Waals surface area contributed by atoms with E-state index in [4.69, 9.17) is 10.00 Å². The maximum absolute atomic E-state index is 8.70. The average Bonchev–Trinajstić information content (AvgIpc) is 2.48. The molecule has 4 nitrogen and oxygen atoms in total. The molecule has 3 rings (SSSR count). The minimum atomic E-state index is 0.441. The van der Waals surface area contributed by atoms with E-state index < -0.39 is 0 Å². The smallest absolute Gasteiger partial charge is 0.219 e. The molecule has 0 unspecified atom stereocenters. The lowest BCUT2D eigenvalue weighted by Crippen LogP contribution is -1.89. The number of nitriles is 1. The lowest BCUT2D eigenvalue weighted by Gasteiger charge is -2.05. The van der Waals surface area contributed by atoms with Gasteiger partial charge in [-0.2, -0.15) is 5.26 Å². The molecule has 0 amide bonds. The Hall–Kier alpha value is -2.93. The fraction of sp³-hybridized carbons (Fsp3) is 0. The summed E-state index contributed by atoms with van der Waals surface area (Å²) in [5.41, 5.74) is 1.42. The van der Waals surface area contributed by atoms with Crippen molar-refractivity contribution in [3.8, 4) is 17.7 Å². The van der Waals surface area contributed by atoms with Gasteiger partial charge < -0.3 is 4.74 Å². The Labute approximate surface area is 109 Å². The Balaban J connectivity index is 1.90. The first kappa shape index (κ1) is 11.2. The molecule has 0 fully saturated rings. The van der Waals surface area contributed by atoms with Crippen LogP contribution in [0.25, 0.3) is 10.9 Å². The van der Waals surface area contributed by atoms with Gasteiger partial charge in [-0.25, -0.2) is 4.98 Å². The van der Waals surface area contributed by atoms with E-state index in [0.717, 1.165) is 10.9 Å². The van der Waals surface area contributed by atoms with Crippen molar-refractivity contribution >= 4 is 10.9 Å². The third kappa shape index (κ3) is 2.35. The first-order valence-electron chi connectivity index (χ1n) is 5.74. The molecule has 0 saturated carbocycles. The molecular formula is C15H9N3O. The summed E-state index contributed by atoms with van der Waals surface area (Å²) < 4.78 is 5.60. The highest BCUT2D eigenvalue weighted by Crippen LogP contribution is 2.22. The molecule has 4 heteroatoms. The van der Waals surface area contributed by atoms with Crippen molar-refractivity contribution in [1.29, 1.82) is 5.26 Å². The van der Waals surface area contributed by atoms with Gasteiger partial charge in [0.25, 0.3) is 0 Å². The molecule has 2 aromatic heterocycles. The molecule has 0 aliphatic heterocycles. The third-order valence-electron chi connectivity index (χ3n) is 2.65. The molecule has 0 aliphatic rings. The van der Waals surface area contributed by atoms with Crippen molar-refractivity contribution in [2.24, 2.45) is 0 Å². The van der Waals surface area contributed by atoms with Crippen LogP contribution in [0, 0.1) is 11.3 Å². The number of rotatable bonds is 2. The molecule has 3 aromatic rings. The SMILES string of the molecule is N#Cc1ccc(Oc2cnc3ccccc3c2)nc1. The molecule has 0 radical (unpaired) electrons. The Kier molecular flexibility index (Phi) is 2.79. The van der Waals surface area contributed by atoms with Gasteiger partial charge in [-0.05, 0) is 18.2 Å². The molecule has 0 bridgehead atoms. The van der Waals surface area contributed by atoms with Gasteiger partial charge in [0.15, 0.2) is 0 Å². The summed E-state index contributed by atoms with van der Waals surface area (Å²) >= 11 is 0. The summed E-state index contributed by atoms with van der Waals surface area (Å²) in [5, 5.41) is 9.70. The van der Waals surface area contributed by atoms with E-state index in [1.807, 2.05) is 36.4 Å². The number of hydrogen-bond donors (Lipinski definition) is 0. The number of ether oxygens (including phenoxy) is 1. The van der Waals surface area contributed by atoms with Crippen molar-refractivity contribution in [1.82, 2.24) is 9.97 Å². The second kappa shape index (κ2) is 4.75. The molecular weight excluding hydrogens is 238 g/mol. The minimum absolute atomic E-state index is 0.441. The fourth-order valence-electron chi connectivity index (χ4n) is 1.73. The molecule has 0 spiro atoms. The number of fused-ring (bicyclic) bond motifs is 1. The van der Waals surface area contributed by atoms with Crippen molar-refractivity contribution in [2.45, 2.75) is 0 Å². The summed E-state index contributed by atoms with van der Waals surface area (Å²) in [6.45, 7) is 0. The number of para-hydroxylation sites is 1. The molecule has 90 valence electrons. The number of pyridine rings is 2. The molecule has 1 aromatic carbocycles. The van der Waals surface area contributed by atoms with Gasteiger partial charge in [0.1, 0.15) is 11.8 Å². The lowest BCUT2D eigenvalue weighted by molar-refractivity contribution is 0.461. The predicted octanol–water partition coefficient (Wildman–Crippen LogP) is 3.29. The second-order valence-corrected chi connectivity index (χ2v) is 3.96. The topological polar surface area (TPSA) is 58.8 Å². The van der Waals surface area contributed by atoms with Crippen LogP contribution in [0.2, 0.25) is 0 Å². The summed E-state index contributed by atoms with van der Waals surface area (Å²) in [7, 11) is 0. The fourth-order valence-corrected chi connectivity index (χ4v) is 1.73. The highest BCUT2D eigenvalue weighted by atomic mass is 16.5. The van der Waals surface area contributed by atoms with E-state index in [1.54, 1.807) is 18.3 Å². The molecule has 0 atom stereocenters. The Morgan fingerprint density at radius 3 is 2.68 bits per heavy atom. The highest BCUT2D eigenvalue weighted by Gasteiger charge is 2.01. The van der Waals surface area contributed by atoms with E-state index in [9.17, 15) is 0 Å². The molecule has 0 saturated heterocycles. The largest absolute Gasteiger partial charge is 0.437 e. The zero-order valence-corrected chi connectivity index (χ0v) is 9.95. The molecule has 19 heavy (non-hydrogen) atoms. The predicted molar refractivity (Wildman–Crippen MR) is 70.8 cm³/mol. The quantitative estimate of drug-likeness (QED) is 0.697. The van der Waals surface area contributed by atoms with Crippen LogP contribution in [0.5, 0.6) is 11.6 Å². The van der Waals surface area contributed by atoms with Crippen LogP contribution in [-0.4, -0.2) is 9.97 Å². The Morgan fingerprint density at radius 1 is 1.00 bits per heavy atom. The second-order valence-electron chi connectivity index (χ2n) is 3.96. The van der Waals surface area contributed by atoms with Crippen molar-refractivity contribution < 1.29 is 4.74 Å². The first-order valence-corrected chi connectivity index (χ1v) is 5.74. The lowest BCUT2D eigenvalue weighted by atomic mass is 10.2. The van der Waals surface area contributed by atoms with E-state index in [0.29, 0.717) is 17.2 Å². The normalized spacial score (nSPS) is 10.1. The zero-order chi connectivity index (χ0) is 13.1. The molecule has 0 aliphatic carbocycles. The zero-order valence-electron chi connectivity index (χ0n) is 9.95. The number of aromatic nitrogens is 2. The van der Waals surface area contributed by atoms with E-state index in [1.165, 1.54) is 6.20 Å². The van der Waals surface area contributed by atoms with Gasteiger partial charge in [0.05, 0.1) is 17.3 Å². The minimum Gasteiger partial charge on any atom is -0.437 e. The van der Waals surface area contributed by atoms with Crippen LogP contribution in [0.15, 0.2) is 54.9 Å². The standard InChI is InChI=1S/C15H9N3O/c16-8-11-5-6-15(18-9-11)19-13-7-12-3-1-2-4-14(12)17-10-13/h1-7,9-10H. The molecule has 2 heterocycles. The van der Waals surface area contributed by atoms with E-state index in [2.05, 4.69) is 9.97 Å². The number of hydrogen-bond acceptors (Lipinski definition) is 4. The molecule has 0 N–H and O–H groups in total. The third-order valence-corrected chi connectivity index (χ3v) is 2.65. The van der Waals surface area contributed by atoms with Gasteiger partial charge >= 0.3 is 0 Å². The van der Waals surface area contributed by atoms with Gasteiger partial charge in [0.2, 0.25) is 5.88 Å². The van der Waals surface area contributed by atoms with Crippen LogP contribution >= 0.6 is 0 Å². The number of nitrogens with zero attached hydrogens (tertiary/aromatic N) is 3. The van der Waals surface area contributed by atoms with E-state index >= 15 is 0 Å². The van der Waals surface area contributed by atoms with Crippen LogP contribution in [0.4, 0.5) is 0 Å². The van der Waals surface area contributed by atoms with Crippen molar-refractivity contribution in [3.63, 3.8) is 0 Å². The van der Waals surface area contributed by atoms with Gasteiger partial charge in [-0.1, -0.05) is 18.2 Å². The Morgan fingerprint density at radius 2 is 1.89 bits per heavy atom. The van der Waals surface area contributed by atoms with E-state index in [-0.39, 0.29) is 0 Å². The number of benzene rings is 1.